The Hall–Kier alpha value is -2.19. The van der Waals surface area contributed by atoms with E-state index in [4.69, 9.17) is 27.5 Å². The highest BCUT2D eigenvalue weighted by Gasteiger charge is 2.26. The van der Waals surface area contributed by atoms with E-state index >= 15 is 0 Å². The van der Waals surface area contributed by atoms with Gasteiger partial charge in [0.25, 0.3) is 0 Å². The Balaban J connectivity index is 0.000000284. The van der Waals surface area contributed by atoms with Gasteiger partial charge in [-0.25, -0.2) is 19.6 Å². The van der Waals surface area contributed by atoms with Gasteiger partial charge in [0.15, 0.2) is 0 Å². The number of aromatic nitrogens is 2. The average Bonchev–Trinajstić information content (AvgIpc) is 2.46. The molecule has 1 fully saturated rings. The Bertz CT molecular complexity index is 566. The summed E-state index contributed by atoms with van der Waals surface area (Å²) in [5.74, 6) is -1.81. The van der Waals surface area contributed by atoms with Gasteiger partial charge in [-0.3, -0.25) is 0 Å². The standard InChI is InChI=1S/C10H15ClN4.C4H4O4/c1-10(12)3-6-15(7-4-10)9-13-5-2-8(11)14-9;5-3(6)1-2-4(7)8/h2,5H,3-4,6-7,12H2,1H3;1-2H,(H,5,6)(H,7,8)/b;2-1-. The number of anilines is 1. The summed E-state index contributed by atoms with van der Waals surface area (Å²) in [7, 11) is 0. The fourth-order valence-electron chi connectivity index (χ4n) is 1.84. The van der Waals surface area contributed by atoms with Crippen molar-refractivity contribution < 1.29 is 19.8 Å². The summed E-state index contributed by atoms with van der Waals surface area (Å²) in [6, 6.07) is 1.68. The summed E-state index contributed by atoms with van der Waals surface area (Å²) in [5.41, 5.74) is 6.01. The first-order chi connectivity index (χ1) is 10.7. The van der Waals surface area contributed by atoms with Gasteiger partial charge < -0.3 is 20.8 Å². The first-order valence-electron chi connectivity index (χ1n) is 6.86. The van der Waals surface area contributed by atoms with Gasteiger partial charge in [-0.1, -0.05) is 11.6 Å². The van der Waals surface area contributed by atoms with Crippen molar-refractivity contribution in [2.75, 3.05) is 18.0 Å². The minimum absolute atomic E-state index is 0.0466. The van der Waals surface area contributed by atoms with Crippen molar-refractivity contribution in [3.8, 4) is 0 Å². The molecule has 8 nitrogen and oxygen atoms in total. The molecule has 9 heteroatoms. The number of nitrogens with zero attached hydrogens (tertiary/aromatic N) is 3. The summed E-state index contributed by atoms with van der Waals surface area (Å²) >= 11 is 5.82. The van der Waals surface area contributed by atoms with Crippen LogP contribution in [0.4, 0.5) is 5.95 Å². The van der Waals surface area contributed by atoms with Crippen molar-refractivity contribution in [2.24, 2.45) is 5.73 Å². The van der Waals surface area contributed by atoms with Crippen LogP contribution in [0, 0.1) is 0 Å². The SMILES string of the molecule is CC1(N)CCN(c2nccc(Cl)n2)CC1.O=C(O)/C=C\C(=O)O. The molecule has 2 heterocycles. The number of carbonyl (C=O) groups is 2. The number of hydrogen-bond donors (Lipinski definition) is 3. The van der Waals surface area contributed by atoms with E-state index in [-0.39, 0.29) is 5.54 Å². The Morgan fingerprint density at radius 2 is 1.83 bits per heavy atom. The Labute approximate surface area is 138 Å². The molecule has 126 valence electrons. The quantitative estimate of drug-likeness (QED) is 0.551. The fourth-order valence-corrected chi connectivity index (χ4v) is 1.97. The molecule has 1 aliphatic heterocycles. The normalized spacial score (nSPS) is 16.6. The lowest BCUT2D eigenvalue weighted by molar-refractivity contribution is -0.134. The van der Waals surface area contributed by atoms with Crippen LogP contribution in [0.3, 0.4) is 0 Å². The minimum Gasteiger partial charge on any atom is -0.478 e. The van der Waals surface area contributed by atoms with Crippen LogP contribution >= 0.6 is 11.6 Å². The first kappa shape index (κ1) is 18.9. The predicted octanol–water partition coefficient (Wildman–Crippen LogP) is 1.16. The monoisotopic (exact) mass is 342 g/mol. The minimum atomic E-state index is -1.26. The first-order valence-corrected chi connectivity index (χ1v) is 7.24. The third kappa shape index (κ3) is 7.57. The number of nitrogens with two attached hydrogens (primary N) is 1. The van der Waals surface area contributed by atoms with E-state index in [1.165, 1.54) is 0 Å². The van der Waals surface area contributed by atoms with Crippen molar-refractivity contribution in [1.82, 2.24) is 9.97 Å². The smallest absolute Gasteiger partial charge is 0.328 e. The highest BCUT2D eigenvalue weighted by molar-refractivity contribution is 6.29. The molecule has 1 aromatic heterocycles. The van der Waals surface area contributed by atoms with Gasteiger partial charge in [0, 0.05) is 37.0 Å². The number of carboxylic acids is 2. The van der Waals surface area contributed by atoms with Crippen LogP contribution in [0.5, 0.6) is 0 Å². The van der Waals surface area contributed by atoms with Gasteiger partial charge in [-0.2, -0.15) is 0 Å². The Kier molecular flexibility index (Phi) is 6.92. The van der Waals surface area contributed by atoms with E-state index < -0.39 is 11.9 Å². The van der Waals surface area contributed by atoms with Crippen LogP contribution < -0.4 is 10.6 Å². The van der Waals surface area contributed by atoms with Crippen LogP contribution in [0.2, 0.25) is 5.15 Å². The summed E-state index contributed by atoms with van der Waals surface area (Å²) in [6.07, 6.45) is 4.72. The van der Waals surface area contributed by atoms with Crippen molar-refractivity contribution >= 4 is 29.5 Å². The molecule has 2 rings (SSSR count). The Morgan fingerprint density at radius 3 is 2.26 bits per heavy atom. The van der Waals surface area contributed by atoms with Gasteiger partial charge in [-0.15, -0.1) is 0 Å². The van der Waals surface area contributed by atoms with E-state index in [2.05, 4.69) is 21.8 Å². The largest absolute Gasteiger partial charge is 0.478 e. The second-order valence-electron chi connectivity index (χ2n) is 5.33. The molecule has 0 amide bonds. The third-order valence-electron chi connectivity index (χ3n) is 3.17. The van der Waals surface area contributed by atoms with E-state index in [0.29, 0.717) is 23.3 Å². The average molecular weight is 343 g/mol. The fraction of sp³-hybridized carbons (Fsp3) is 0.429. The van der Waals surface area contributed by atoms with Crippen LogP contribution in [0.25, 0.3) is 0 Å². The van der Waals surface area contributed by atoms with Gasteiger partial charge >= 0.3 is 11.9 Å². The molecule has 1 aromatic rings. The Morgan fingerprint density at radius 1 is 1.30 bits per heavy atom. The molecule has 0 spiro atoms. The maximum Gasteiger partial charge on any atom is 0.328 e. The molecule has 0 bridgehead atoms. The second kappa shape index (κ2) is 8.44. The van der Waals surface area contributed by atoms with Crippen molar-refractivity contribution in [3.05, 3.63) is 29.6 Å². The number of hydrogen-bond acceptors (Lipinski definition) is 6. The molecular weight excluding hydrogens is 324 g/mol. The van der Waals surface area contributed by atoms with Gasteiger partial charge in [0.1, 0.15) is 5.15 Å². The second-order valence-corrected chi connectivity index (χ2v) is 5.72. The number of halogens is 1. The molecule has 0 atom stereocenters. The molecule has 23 heavy (non-hydrogen) atoms. The molecule has 1 aliphatic rings. The zero-order valence-electron chi connectivity index (χ0n) is 12.6. The summed E-state index contributed by atoms with van der Waals surface area (Å²) in [4.78, 5) is 29.6. The summed E-state index contributed by atoms with van der Waals surface area (Å²) in [6.45, 7) is 3.88. The lowest BCUT2D eigenvalue weighted by Crippen LogP contribution is -2.48. The molecular formula is C14H19ClN4O4. The highest BCUT2D eigenvalue weighted by Crippen LogP contribution is 2.22. The maximum absolute atomic E-state index is 9.55. The maximum atomic E-state index is 9.55. The number of carboxylic acid groups (broad SMARTS) is 2. The zero-order chi connectivity index (χ0) is 17.5. The van der Waals surface area contributed by atoms with Crippen molar-refractivity contribution in [2.45, 2.75) is 25.3 Å². The van der Waals surface area contributed by atoms with E-state index in [1.807, 2.05) is 0 Å². The van der Waals surface area contributed by atoms with E-state index in [1.54, 1.807) is 12.3 Å². The van der Waals surface area contributed by atoms with Crippen molar-refractivity contribution in [3.63, 3.8) is 0 Å². The molecule has 4 N–H and O–H groups in total. The molecule has 1 saturated heterocycles. The van der Waals surface area contributed by atoms with Crippen molar-refractivity contribution in [1.29, 1.82) is 0 Å². The van der Waals surface area contributed by atoms with E-state index in [0.717, 1.165) is 25.9 Å². The van der Waals surface area contributed by atoms with E-state index in [9.17, 15) is 9.59 Å². The number of piperidine rings is 1. The molecule has 0 aromatic carbocycles. The van der Waals surface area contributed by atoms with Gasteiger partial charge in [0.2, 0.25) is 5.95 Å². The summed E-state index contributed by atoms with van der Waals surface area (Å²) < 4.78 is 0. The summed E-state index contributed by atoms with van der Waals surface area (Å²) in [5, 5.41) is 16.1. The third-order valence-corrected chi connectivity index (χ3v) is 3.38. The topological polar surface area (TPSA) is 130 Å². The van der Waals surface area contributed by atoms with Crippen LogP contribution in [-0.4, -0.2) is 50.7 Å². The number of rotatable bonds is 3. The number of aliphatic carboxylic acids is 2. The highest BCUT2D eigenvalue weighted by atomic mass is 35.5. The molecule has 0 unspecified atom stereocenters. The van der Waals surface area contributed by atoms with Crippen LogP contribution in [0.1, 0.15) is 19.8 Å². The van der Waals surface area contributed by atoms with Gasteiger partial charge in [-0.05, 0) is 25.8 Å². The zero-order valence-corrected chi connectivity index (χ0v) is 13.4. The lowest BCUT2D eigenvalue weighted by Gasteiger charge is -2.36. The lowest BCUT2D eigenvalue weighted by atomic mass is 9.91. The predicted molar refractivity (Wildman–Crippen MR) is 85.5 cm³/mol. The van der Waals surface area contributed by atoms with Crippen LogP contribution in [0.15, 0.2) is 24.4 Å². The molecule has 0 saturated carbocycles. The van der Waals surface area contributed by atoms with Gasteiger partial charge in [0.05, 0.1) is 0 Å². The molecule has 0 aliphatic carbocycles. The molecule has 0 radical (unpaired) electrons. The van der Waals surface area contributed by atoms with Crippen LogP contribution in [-0.2, 0) is 9.59 Å².